The predicted molar refractivity (Wildman–Crippen MR) is 90.6 cm³/mol. The predicted octanol–water partition coefficient (Wildman–Crippen LogP) is 2.49. The first-order chi connectivity index (χ1) is 9.58. The second kappa shape index (κ2) is 7.04. The fourth-order valence-corrected chi connectivity index (χ4v) is 2.91. The van der Waals surface area contributed by atoms with Crippen molar-refractivity contribution < 1.29 is 0 Å². The molecule has 0 spiro atoms. The average molecular weight is 291 g/mol. The third-order valence-corrected chi connectivity index (χ3v) is 4.39. The summed E-state index contributed by atoms with van der Waals surface area (Å²) in [6.45, 7) is 9.99. The molecule has 0 unspecified atom stereocenters. The van der Waals surface area contributed by atoms with E-state index in [1.54, 1.807) is 0 Å². The number of anilines is 1. The van der Waals surface area contributed by atoms with Crippen LogP contribution in [-0.4, -0.2) is 42.6 Å². The third-order valence-electron chi connectivity index (χ3n) is 4.19. The number of thiocarbonyl (C=S) groups is 1. The van der Waals surface area contributed by atoms with Gasteiger partial charge in [-0.05, 0) is 50.4 Å². The van der Waals surface area contributed by atoms with E-state index < -0.39 is 0 Å². The highest BCUT2D eigenvalue weighted by molar-refractivity contribution is 7.80. The van der Waals surface area contributed by atoms with Crippen LogP contribution in [0.15, 0.2) is 18.2 Å². The lowest BCUT2D eigenvalue weighted by Crippen LogP contribution is -2.47. The van der Waals surface area contributed by atoms with Crippen molar-refractivity contribution in [2.45, 2.75) is 26.7 Å². The first kappa shape index (κ1) is 15.3. The van der Waals surface area contributed by atoms with E-state index in [0.717, 1.165) is 45.6 Å². The monoisotopic (exact) mass is 291 g/mol. The minimum atomic E-state index is 0.638. The van der Waals surface area contributed by atoms with E-state index in [0.29, 0.717) is 4.99 Å². The van der Waals surface area contributed by atoms with Crippen molar-refractivity contribution in [3.05, 3.63) is 29.3 Å². The van der Waals surface area contributed by atoms with Crippen molar-refractivity contribution in [1.29, 1.82) is 0 Å². The van der Waals surface area contributed by atoms with Gasteiger partial charge in [-0.15, -0.1) is 0 Å². The Labute approximate surface area is 127 Å². The Bertz CT molecular complexity index is 465. The van der Waals surface area contributed by atoms with E-state index in [4.69, 9.17) is 18.0 Å². The summed E-state index contributed by atoms with van der Waals surface area (Å²) < 4.78 is 0. The lowest BCUT2D eigenvalue weighted by atomic mass is 10.1. The molecule has 110 valence electrons. The van der Waals surface area contributed by atoms with Crippen LogP contribution in [-0.2, 0) is 0 Å². The molecule has 0 radical (unpaired) electrons. The Balaban J connectivity index is 1.85. The molecule has 0 amide bonds. The van der Waals surface area contributed by atoms with Gasteiger partial charge < -0.3 is 10.6 Å². The van der Waals surface area contributed by atoms with Gasteiger partial charge in [0.05, 0.1) is 4.99 Å². The molecule has 1 aliphatic rings. The zero-order valence-electron chi connectivity index (χ0n) is 12.6. The van der Waals surface area contributed by atoms with Crippen LogP contribution in [0.4, 0.5) is 5.69 Å². The molecule has 0 saturated carbocycles. The standard InChI is InChI=1S/C16H25N3S/c1-13-5-3-6-15(14(13)2)19-11-9-18(10-12-19)8-4-7-16(17)20/h3,5-6H,4,7-12H2,1-2H3,(H2,17,20). The fraction of sp³-hybridized carbons (Fsp3) is 0.562. The van der Waals surface area contributed by atoms with E-state index >= 15 is 0 Å². The van der Waals surface area contributed by atoms with Gasteiger partial charge in [0, 0.05) is 31.9 Å². The van der Waals surface area contributed by atoms with Crippen LogP contribution < -0.4 is 10.6 Å². The zero-order chi connectivity index (χ0) is 14.5. The molecule has 4 heteroatoms. The highest BCUT2D eigenvalue weighted by Gasteiger charge is 2.18. The van der Waals surface area contributed by atoms with Gasteiger partial charge in [-0.25, -0.2) is 0 Å². The van der Waals surface area contributed by atoms with Gasteiger partial charge in [-0.3, -0.25) is 4.90 Å². The molecule has 3 nitrogen and oxygen atoms in total. The smallest absolute Gasteiger partial charge is 0.0727 e. The van der Waals surface area contributed by atoms with E-state index in [-0.39, 0.29) is 0 Å². The van der Waals surface area contributed by atoms with Gasteiger partial charge in [-0.2, -0.15) is 0 Å². The number of piperazine rings is 1. The molecular formula is C16H25N3S. The molecule has 1 aromatic carbocycles. The molecule has 0 atom stereocenters. The maximum absolute atomic E-state index is 5.54. The normalized spacial score (nSPS) is 16.4. The van der Waals surface area contributed by atoms with Crippen LogP contribution >= 0.6 is 12.2 Å². The summed E-state index contributed by atoms with van der Waals surface area (Å²) in [6, 6.07) is 6.59. The fourth-order valence-electron chi connectivity index (χ4n) is 2.77. The molecule has 1 aliphatic heterocycles. The second-order valence-electron chi connectivity index (χ2n) is 5.62. The minimum Gasteiger partial charge on any atom is -0.393 e. The summed E-state index contributed by atoms with van der Waals surface area (Å²) >= 11 is 4.92. The summed E-state index contributed by atoms with van der Waals surface area (Å²) in [5.74, 6) is 0. The van der Waals surface area contributed by atoms with Crippen LogP contribution in [0.1, 0.15) is 24.0 Å². The number of benzene rings is 1. The van der Waals surface area contributed by atoms with Gasteiger partial charge >= 0.3 is 0 Å². The molecule has 1 heterocycles. The van der Waals surface area contributed by atoms with Crippen molar-refractivity contribution in [1.82, 2.24) is 4.90 Å². The summed E-state index contributed by atoms with van der Waals surface area (Å²) in [5.41, 5.74) is 9.73. The first-order valence-electron chi connectivity index (χ1n) is 7.40. The molecule has 1 saturated heterocycles. The average Bonchev–Trinajstić information content (AvgIpc) is 2.42. The third kappa shape index (κ3) is 3.93. The summed E-state index contributed by atoms with van der Waals surface area (Å²) in [7, 11) is 0. The van der Waals surface area contributed by atoms with Crippen molar-refractivity contribution in [3.8, 4) is 0 Å². The molecule has 0 aromatic heterocycles. The van der Waals surface area contributed by atoms with E-state index in [1.165, 1.54) is 16.8 Å². The Kier molecular flexibility index (Phi) is 5.38. The van der Waals surface area contributed by atoms with Crippen molar-refractivity contribution in [2.24, 2.45) is 5.73 Å². The maximum atomic E-state index is 5.54. The summed E-state index contributed by atoms with van der Waals surface area (Å²) in [6.07, 6.45) is 1.95. The van der Waals surface area contributed by atoms with Crippen LogP contribution in [0.5, 0.6) is 0 Å². The number of hydrogen-bond donors (Lipinski definition) is 1. The molecule has 2 N–H and O–H groups in total. The Morgan fingerprint density at radius 1 is 1.20 bits per heavy atom. The Morgan fingerprint density at radius 3 is 2.55 bits per heavy atom. The molecule has 1 fully saturated rings. The van der Waals surface area contributed by atoms with Gasteiger partial charge in [0.25, 0.3) is 0 Å². The highest BCUT2D eigenvalue weighted by Crippen LogP contribution is 2.23. The maximum Gasteiger partial charge on any atom is 0.0727 e. The van der Waals surface area contributed by atoms with Crippen LogP contribution in [0.3, 0.4) is 0 Å². The largest absolute Gasteiger partial charge is 0.393 e. The van der Waals surface area contributed by atoms with Crippen molar-refractivity contribution in [3.63, 3.8) is 0 Å². The van der Waals surface area contributed by atoms with Crippen LogP contribution in [0, 0.1) is 13.8 Å². The molecule has 1 aromatic rings. The lowest BCUT2D eigenvalue weighted by Gasteiger charge is -2.37. The molecule has 20 heavy (non-hydrogen) atoms. The van der Waals surface area contributed by atoms with Gasteiger partial charge in [0.1, 0.15) is 0 Å². The summed E-state index contributed by atoms with van der Waals surface area (Å²) in [4.78, 5) is 5.66. The van der Waals surface area contributed by atoms with E-state index in [2.05, 4.69) is 41.8 Å². The van der Waals surface area contributed by atoms with Gasteiger partial charge in [-0.1, -0.05) is 24.4 Å². The first-order valence-corrected chi connectivity index (χ1v) is 7.80. The number of nitrogens with zero attached hydrogens (tertiary/aromatic N) is 2. The number of aryl methyl sites for hydroxylation is 1. The number of hydrogen-bond acceptors (Lipinski definition) is 3. The topological polar surface area (TPSA) is 32.5 Å². The van der Waals surface area contributed by atoms with Crippen LogP contribution in [0.2, 0.25) is 0 Å². The van der Waals surface area contributed by atoms with E-state index in [1.807, 2.05) is 0 Å². The zero-order valence-corrected chi connectivity index (χ0v) is 13.4. The SMILES string of the molecule is Cc1cccc(N2CCN(CCCC(N)=S)CC2)c1C. The quantitative estimate of drug-likeness (QED) is 0.845. The highest BCUT2D eigenvalue weighted by atomic mass is 32.1. The van der Waals surface area contributed by atoms with Gasteiger partial charge in [0.2, 0.25) is 0 Å². The molecule has 2 rings (SSSR count). The molecule has 0 bridgehead atoms. The van der Waals surface area contributed by atoms with E-state index in [9.17, 15) is 0 Å². The minimum absolute atomic E-state index is 0.638. The van der Waals surface area contributed by atoms with Crippen LogP contribution in [0.25, 0.3) is 0 Å². The van der Waals surface area contributed by atoms with Crippen molar-refractivity contribution in [2.75, 3.05) is 37.6 Å². The number of rotatable bonds is 5. The molecule has 0 aliphatic carbocycles. The lowest BCUT2D eigenvalue weighted by molar-refractivity contribution is 0.256. The number of nitrogens with two attached hydrogens (primary N) is 1. The molecular weight excluding hydrogens is 266 g/mol. The Hall–Kier alpha value is -1.13. The second-order valence-corrected chi connectivity index (χ2v) is 6.14. The van der Waals surface area contributed by atoms with Gasteiger partial charge in [0.15, 0.2) is 0 Å². The Morgan fingerprint density at radius 2 is 1.90 bits per heavy atom. The summed E-state index contributed by atoms with van der Waals surface area (Å²) in [5, 5.41) is 0. The van der Waals surface area contributed by atoms with Crippen molar-refractivity contribution >= 4 is 22.9 Å².